The van der Waals surface area contributed by atoms with Crippen molar-refractivity contribution in [1.82, 2.24) is 0 Å². The molecule has 0 saturated carbocycles. The molecule has 1 heterocycles. The van der Waals surface area contributed by atoms with Gasteiger partial charge >= 0.3 is 0 Å². The van der Waals surface area contributed by atoms with Crippen molar-refractivity contribution in [1.29, 1.82) is 0 Å². The van der Waals surface area contributed by atoms with Crippen LogP contribution in [0.1, 0.15) is 75.9 Å². The van der Waals surface area contributed by atoms with Crippen LogP contribution in [0.5, 0.6) is 0 Å². The van der Waals surface area contributed by atoms with Crippen LogP contribution in [0.15, 0.2) is 289 Å². The molecule has 2 atom stereocenters. The van der Waals surface area contributed by atoms with Crippen LogP contribution < -0.4 is 4.90 Å². The molecular weight excluding hydrogens is 955 g/mol. The molecule has 2 nitrogen and oxygen atoms in total. The second-order valence-electron chi connectivity index (χ2n) is 22.5. The van der Waals surface area contributed by atoms with E-state index in [9.17, 15) is 0 Å². The number of rotatable bonds is 8. The van der Waals surface area contributed by atoms with Gasteiger partial charge in [-0.3, -0.25) is 0 Å². The van der Waals surface area contributed by atoms with E-state index in [4.69, 9.17) is 4.42 Å². The Kier molecular flexibility index (Phi) is 9.97. The van der Waals surface area contributed by atoms with Crippen molar-refractivity contribution < 1.29 is 4.42 Å². The van der Waals surface area contributed by atoms with E-state index < -0.39 is 10.8 Å². The lowest BCUT2D eigenvalue weighted by Gasteiger charge is -2.39. The van der Waals surface area contributed by atoms with Crippen molar-refractivity contribution in [2.75, 3.05) is 4.90 Å². The fraction of sp³-hybridized carbons (Fsp3) is 0.0909. The third kappa shape index (κ3) is 6.34. The molecule has 374 valence electrons. The maximum absolute atomic E-state index is 6.52. The van der Waals surface area contributed by atoms with Crippen molar-refractivity contribution in [3.8, 4) is 33.4 Å². The molecule has 0 N–H and O–H groups in total. The number of para-hydroxylation sites is 2. The van der Waals surface area contributed by atoms with Gasteiger partial charge in [-0.1, -0.05) is 257 Å². The summed E-state index contributed by atoms with van der Waals surface area (Å²) in [5.74, 6) is 0. The molecular formula is C77H55NO. The largest absolute Gasteiger partial charge is 0.456 e. The van der Waals surface area contributed by atoms with Crippen LogP contribution >= 0.6 is 0 Å². The first kappa shape index (κ1) is 45.7. The van der Waals surface area contributed by atoms with Gasteiger partial charge in [0.15, 0.2) is 0 Å². The Morgan fingerprint density at radius 2 is 0.924 bits per heavy atom. The van der Waals surface area contributed by atoms with Gasteiger partial charge in [-0.05, 0) is 137 Å². The molecule has 2 unspecified atom stereocenters. The minimum atomic E-state index is -0.663. The molecule has 0 bridgehead atoms. The van der Waals surface area contributed by atoms with Crippen LogP contribution in [0.2, 0.25) is 0 Å². The molecule has 16 rings (SSSR count). The number of anilines is 2. The number of benzene rings is 11. The minimum absolute atomic E-state index is 0.0719. The molecule has 0 saturated heterocycles. The number of furan rings is 1. The molecule has 79 heavy (non-hydrogen) atoms. The van der Waals surface area contributed by atoms with Crippen molar-refractivity contribution in [3.63, 3.8) is 0 Å². The smallest absolute Gasteiger partial charge is 0.135 e. The van der Waals surface area contributed by atoms with E-state index in [1.807, 2.05) is 0 Å². The topological polar surface area (TPSA) is 16.4 Å². The SMILES string of the molecule is CC1(C)c2ccccc2-c2c(-c3ccccc3N(c3ccc4c(c3)C(c3ccccc3)(c3ccc5oc6ccccc6c5c3)c3ccccc3-4)C3C=CC4=C(C3)c3ccccc3C4(c3ccccc3)c3ccccc3)cccc21. The number of allylic oxidation sites excluding steroid dienone is 2. The molecule has 11 aromatic carbocycles. The Balaban J connectivity index is 0.956. The van der Waals surface area contributed by atoms with Crippen molar-refractivity contribution in [3.05, 3.63) is 340 Å². The Hall–Kier alpha value is -9.50. The lowest BCUT2D eigenvalue weighted by molar-refractivity contribution is 0.660. The van der Waals surface area contributed by atoms with Gasteiger partial charge in [0.2, 0.25) is 0 Å². The molecule has 2 heteroatoms. The zero-order valence-corrected chi connectivity index (χ0v) is 44.2. The maximum Gasteiger partial charge on any atom is 0.135 e. The van der Waals surface area contributed by atoms with Crippen LogP contribution in [0.4, 0.5) is 11.4 Å². The zero-order chi connectivity index (χ0) is 52.5. The second-order valence-corrected chi connectivity index (χ2v) is 22.5. The van der Waals surface area contributed by atoms with Gasteiger partial charge in [0.1, 0.15) is 11.2 Å². The summed E-state index contributed by atoms with van der Waals surface area (Å²) in [6.07, 6.45) is 5.83. The first-order valence-electron chi connectivity index (χ1n) is 27.9. The Labute approximate surface area is 461 Å². The summed E-state index contributed by atoms with van der Waals surface area (Å²) in [5.41, 5.74) is 26.1. The van der Waals surface area contributed by atoms with Gasteiger partial charge in [-0.2, -0.15) is 0 Å². The molecule has 4 aliphatic rings. The van der Waals surface area contributed by atoms with Gasteiger partial charge in [0.05, 0.1) is 16.9 Å². The van der Waals surface area contributed by atoms with E-state index >= 15 is 0 Å². The minimum Gasteiger partial charge on any atom is -0.456 e. The fourth-order valence-corrected chi connectivity index (χ4v) is 15.1. The van der Waals surface area contributed by atoms with Crippen LogP contribution in [0.3, 0.4) is 0 Å². The summed E-state index contributed by atoms with van der Waals surface area (Å²) in [4.78, 5) is 2.69. The Morgan fingerprint density at radius 3 is 1.66 bits per heavy atom. The first-order chi connectivity index (χ1) is 39.0. The van der Waals surface area contributed by atoms with Crippen molar-refractivity contribution in [2.45, 2.75) is 42.6 Å². The highest BCUT2D eigenvalue weighted by molar-refractivity contribution is 6.06. The molecule has 0 spiro atoms. The van der Waals surface area contributed by atoms with Crippen molar-refractivity contribution >= 4 is 38.9 Å². The van der Waals surface area contributed by atoms with Crippen molar-refractivity contribution in [2.24, 2.45) is 0 Å². The predicted molar refractivity (Wildman–Crippen MR) is 326 cm³/mol. The summed E-state index contributed by atoms with van der Waals surface area (Å²) < 4.78 is 6.52. The molecule has 12 aromatic rings. The molecule has 0 aliphatic heterocycles. The highest BCUT2D eigenvalue weighted by Crippen LogP contribution is 2.61. The summed E-state index contributed by atoms with van der Waals surface area (Å²) in [5, 5.41) is 2.25. The second kappa shape index (κ2) is 17.3. The summed E-state index contributed by atoms with van der Waals surface area (Å²) in [6, 6.07) is 99.9. The molecule has 4 aliphatic carbocycles. The highest BCUT2D eigenvalue weighted by Gasteiger charge is 2.50. The average molecular weight is 1010 g/mol. The molecule has 0 amide bonds. The van der Waals surface area contributed by atoms with E-state index in [1.54, 1.807) is 0 Å². The lowest BCUT2D eigenvalue weighted by Crippen LogP contribution is -2.34. The van der Waals surface area contributed by atoms with E-state index in [1.165, 1.54) is 106 Å². The molecule has 0 fully saturated rings. The number of hydrogen-bond acceptors (Lipinski definition) is 2. The third-order valence-corrected chi connectivity index (χ3v) is 18.4. The Bertz CT molecular complexity index is 4460. The van der Waals surface area contributed by atoms with E-state index in [-0.39, 0.29) is 11.5 Å². The van der Waals surface area contributed by atoms with Gasteiger partial charge in [0.25, 0.3) is 0 Å². The van der Waals surface area contributed by atoms with E-state index in [0.717, 1.165) is 34.0 Å². The standard InChI is InChI=1S/C77H55NO/c1-75(2)65-35-17-14-33-62(65)74-61(34-22-38-69(74)75)59-31-15-20-39-71(59)78(54-43-45-68-63(48-54)57-30-13-19-37-67(57)76(68,50-23-6-3-7-24-50)51-25-8-4-9-26-51)55-42-44-58-56-29-12-18-36-66(56)77(70(58)49-55,52-27-10-5-11-28-52)53-41-46-73-64(47-53)60-32-16-21-40-72(60)79-73/h3-47,49,54H,48H2,1-2H3. The predicted octanol–water partition coefficient (Wildman–Crippen LogP) is 19.2. The maximum atomic E-state index is 6.52. The van der Waals surface area contributed by atoms with E-state index in [0.29, 0.717) is 0 Å². The summed E-state index contributed by atoms with van der Waals surface area (Å²) in [6.45, 7) is 4.77. The molecule has 0 radical (unpaired) electrons. The normalized spacial score (nSPS) is 17.7. The Morgan fingerprint density at radius 1 is 0.380 bits per heavy atom. The highest BCUT2D eigenvalue weighted by atomic mass is 16.3. The van der Waals surface area contributed by atoms with Crippen LogP contribution in [0, 0.1) is 0 Å². The lowest BCUT2D eigenvalue weighted by atomic mass is 9.66. The van der Waals surface area contributed by atoms with E-state index in [2.05, 4.69) is 298 Å². The molecule has 1 aromatic heterocycles. The first-order valence-corrected chi connectivity index (χ1v) is 27.9. The fourth-order valence-electron chi connectivity index (χ4n) is 15.1. The average Bonchev–Trinajstić information content (AvgIpc) is 4.16. The van der Waals surface area contributed by atoms with Crippen LogP contribution in [-0.4, -0.2) is 6.04 Å². The van der Waals surface area contributed by atoms with Gasteiger partial charge in [-0.15, -0.1) is 0 Å². The third-order valence-electron chi connectivity index (χ3n) is 18.4. The van der Waals surface area contributed by atoms with Gasteiger partial charge < -0.3 is 9.32 Å². The van der Waals surface area contributed by atoms with Gasteiger partial charge in [0, 0.05) is 33.1 Å². The summed E-state index contributed by atoms with van der Waals surface area (Å²) >= 11 is 0. The van der Waals surface area contributed by atoms with Crippen LogP contribution in [-0.2, 0) is 16.2 Å². The van der Waals surface area contributed by atoms with Gasteiger partial charge in [-0.25, -0.2) is 0 Å². The summed E-state index contributed by atoms with van der Waals surface area (Å²) in [7, 11) is 0. The van der Waals surface area contributed by atoms with Crippen LogP contribution in [0.25, 0.3) is 60.9 Å². The zero-order valence-electron chi connectivity index (χ0n) is 44.2. The quantitative estimate of drug-likeness (QED) is 0.151. The monoisotopic (exact) mass is 1010 g/mol. The number of nitrogens with zero attached hydrogens (tertiary/aromatic N) is 1. The number of fused-ring (bicyclic) bond motifs is 11. The number of hydrogen-bond donors (Lipinski definition) is 0.